The summed E-state index contributed by atoms with van der Waals surface area (Å²) in [4.78, 5) is 4.77. The molecule has 0 aliphatic carbocycles. The van der Waals surface area contributed by atoms with Crippen LogP contribution in [0.3, 0.4) is 0 Å². The first-order valence-electron chi connectivity index (χ1n) is 21.6. The lowest BCUT2D eigenvalue weighted by Gasteiger charge is -2.28. The van der Waals surface area contributed by atoms with E-state index in [-0.39, 0.29) is 0 Å². The van der Waals surface area contributed by atoms with Crippen LogP contribution >= 0.6 is 0 Å². The minimum Gasteiger partial charge on any atom is -0.456 e. The molecule has 2 aromatic heterocycles. The largest absolute Gasteiger partial charge is 0.456 e. The lowest BCUT2D eigenvalue weighted by atomic mass is 9.99. The van der Waals surface area contributed by atoms with Gasteiger partial charge < -0.3 is 18.6 Å². The summed E-state index contributed by atoms with van der Waals surface area (Å²) in [5, 5.41) is 8.90. The Kier molecular flexibility index (Phi) is 8.59. The van der Waals surface area contributed by atoms with Crippen LogP contribution in [0.15, 0.2) is 154 Å². The van der Waals surface area contributed by atoms with E-state index in [1.54, 1.807) is 0 Å². The van der Waals surface area contributed by atoms with Crippen molar-refractivity contribution in [3.8, 4) is 0 Å². The van der Waals surface area contributed by atoms with Crippen molar-refractivity contribution in [3.05, 3.63) is 190 Å². The van der Waals surface area contributed by atoms with Gasteiger partial charge in [0.05, 0.1) is 0 Å². The van der Waals surface area contributed by atoms with Crippen LogP contribution in [0.2, 0.25) is 0 Å². The number of furan rings is 2. The van der Waals surface area contributed by atoms with Crippen molar-refractivity contribution in [2.45, 2.75) is 55.4 Å². The molecule has 11 rings (SSSR count). The highest BCUT2D eigenvalue weighted by Crippen LogP contribution is 2.45. The summed E-state index contributed by atoms with van der Waals surface area (Å²) in [6, 6.07) is 53.2. The van der Waals surface area contributed by atoms with E-state index < -0.39 is 0 Å². The average Bonchev–Trinajstić information content (AvgIpc) is 3.81. The molecule has 0 N–H and O–H groups in total. The first kappa shape index (κ1) is 37.7. The minimum absolute atomic E-state index is 0.853. The van der Waals surface area contributed by atoms with Gasteiger partial charge in [-0.15, -0.1) is 0 Å². The zero-order valence-electron chi connectivity index (χ0n) is 36.6. The molecule has 0 amide bonds. The quantitative estimate of drug-likeness (QED) is 0.168. The van der Waals surface area contributed by atoms with Crippen molar-refractivity contribution in [2.75, 3.05) is 9.80 Å². The lowest BCUT2D eigenvalue weighted by molar-refractivity contribution is 0.663. The van der Waals surface area contributed by atoms with Gasteiger partial charge in [-0.05, 0) is 219 Å². The molecule has 0 saturated carbocycles. The second kappa shape index (κ2) is 14.1. The van der Waals surface area contributed by atoms with Crippen LogP contribution < -0.4 is 9.80 Å². The van der Waals surface area contributed by atoms with E-state index in [1.165, 1.54) is 44.5 Å². The summed E-state index contributed by atoms with van der Waals surface area (Å²) in [7, 11) is 0. The molecule has 0 radical (unpaired) electrons. The van der Waals surface area contributed by atoms with Crippen molar-refractivity contribution in [2.24, 2.45) is 0 Å². The van der Waals surface area contributed by atoms with E-state index in [4.69, 9.17) is 8.83 Å². The summed E-state index contributed by atoms with van der Waals surface area (Å²) in [5.41, 5.74) is 20.5. The molecule has 11 aromatic rings. The summed E-state index contributed by atoms with van der Waals surface area (Å²) in [6.07, 6.45) is 0. The molecule has 4 nitrogen and oxygen atoms in total. The van der Waals surface area contributed by atoms with Crippen LogP contribution in [0.25, 0.3) is 65.4 Å². The lowest BCUT2D eigenvalue weighted by Crippen LogP contribution is -2.12. The maximum atomic E-state index is 6.71. The Morgan fingerprint density at radius 3 is 1.08 bits per heavy atom. The Morgan fingerprint density at radius 1 is 0.306 bits per heavy atom. The number of fused-ring (bicyclic) bond motifs is 9. The van der Waals surface area contributed by atoms with Gasteiger partial charge in [0.1, 0.15) is 22.3 Å². The van der Waals surface area contributed by atoms with E-state index in [9.17, 15) is 0 Å². The second-order valence-corrected chi connectivity index (χ2v) is 17.4. The highest BCUT2D eigenvalue weighted by atomic mass is 16.3. The monoisotopic (exact) mass is 804 g/mol. The van der Waals surface area contributed by atoms with E-state index in [0.29, 0.717) is 0 Å². The van der Waals surface area contributed by atoms with Gasteiger partial charge in [-0.1, -0.05) is 48.5 Å². The number of benzene rings is 9. The molecular formula is C58H48N2O2. The third kappa shape index (κ3) is 5.96. The highest BCUT2D eigenvalue weighted by molar-refractivity contribution is 6.28. The van der Waals surface area contributed by atoms with Crippen LogP contribution in [-0.4, -0.2) is 0 Å². The first-order valence-corrected chi connectivity index (χ1v) is 21.6. The Balaban J connectivity index is 1.05. The Morgan fingerprint density at radius 2 is 0.694 bits per heavy atom. The second-order valence-electron chi connectivity index (χ2n) is 17.4. The van der Waals surface area contributed by atoms with E-state index >= 15 is 0 Å². The molecule has 0 atom stereocenters. The molecule has 2 heterocycles. The molecule has 0 saturated heterocycles. The van der Waals surface area contributed by atoms with E-state index in [1.807, 2.05) is 0 Å². The average molecular weight is 805 g/mol. The maximum Gasteiger partial charge on any atom is 0.136 e. The molecule has 0 fully saturated rings. The van der Waals surface area contributed by atoms with Crippen molar-refractivity contribution < 1.29 is 8.83 Å². The fourth-order valence-electron chi connectivity index (χ4n) is 9.64. The van der Waals surface area contributed by atoms with E-state index in [0.717, 1.165) is 99.5 Å². The number of hydrogen-bond acceptors (Lipinski definition) is 4. The van der Waals surface area contributed by atoms with Crippen LogP contribution in [0.5, 0.6) is 0 Å². The summed E-state index contributed by atoms with van der Waals surface area (Å²) in [5.74, 6) is 0. The standard InChI is InChI=1S/C58H48N2O2/c1-33-13-9-11-15-51(33)59(47-23-35(3)39(7)36(4)24-47)45-19-17-41-29-49-55(31-43(41)27-45)61-53-21-22-54-58(57(49)53)50-30-42-18-20-46(28-44(42)32-56(50)62-54)60(52-16-12-10-14-34(52)2)48-25-37(5)40(8)38(6)26-48/h9-32H,1-8H3. The van der Waals surface area contributed by atoms with Gasteiger partial charge in [0.25, 0.3) is 0 Å². The SMILES string of the molecule is Cc1ccccc1N(c1cc(C)c(C)c(C)c1)c1ccc2cc3c(cc2c1)oc1ccc2oc4cc5cc(N(c6cc(C)c(C)c(C)c6)c6ccccc6C)ccc5cc4c2c13. The molecule has 9 aromatic carbocycles. The van der Waals surface area contributed by atoms with E-state index in [2.05, 4.69) is 211 Å². The molecule has 0 bridgehead atoms. The topological polar surface area (TPSA) is 32.8 Å². The maximum absolute atomic E-state index is 6.71. The van der Waals surface area contributed by atoms with Crippen molar-refractivity contribution in [1.29, 1.82) is 0 Å². The van der Waals surface area contributed by atoms with Gasteiger partial charge in [-0.2, -0.15) is 0 Å². The van der Waals surface area contributed by atoms with Crippen LogP contribution in [0.1, 0.15) is 44.5 Å². The van der Waals surface area contributed by atoms with Crippen molar-refractivity contribution in [1.82, 2.24) is 0 Å². The van der Waals surface area contributed by atoms with Crippen molar-refractivity contribution >= 4 is 99.5 Å². The Hall–Kier alpha value is -7.30. The molecule has 0 spiro atoms. The Labute approximate surface area is 362 Å². The van der Waals surface area contributed by atoms with Crippen LogP contribution in [0, 0.1) is 55.4 Å². The van der Waals surface area contributed by atoms with Gasteiger partial charge >= 0.3 is 0 Å². The number of nitrogens with zero attached hydrogens (tertiary/aromatic N) is 2. The number of hydrogen-bond donors (Lipinski definition) is 0. The molecule has 0 aliphatic heterocycles. The van der Waals surface area contributed by atoms with Crippen LogP contribution in [-0.2, 0) is 0 Å². The fourth-order valence-corrected chi connectivity index (χ4v) is 9.64. The zero-order chi connectivity index (χ0) is 42.6. The predicted octanol–water partition coefficient (Wildman–Crippen LogP) is 17.2. The van der Waals surface area contributed by atoms with Crippen LogP contribution in [0.4, 0.5) is 34.1 Å². The van der Waals surface area contributed by atoms with Crippen molar-refractivity contribution in [3.63, 3.8) is 0 Å². The third-order valence-corrected chi connectivity index (χ3v) is 13.5. The predicted molar refractivity (Wildman–Crippen MR) is 263 cm³/mol. The number of rotatable bonds is 6. The molecule has 62 heavy (non-hydrogen) atoms. The molecule has 302 valence electrons. The molecular weight excluding hydrogens is 757 g/mol. The van der Waals surface area contributed by atoms with Gasteiger partial charge in [-0.25, -0.2) is 0 Å². The van der Waals surface area contributed by atoms with Gasteiger partial charge in [0.2, 0.25) is 0 Å². The normalized spacial score (nSPS) is 11.9. The molecule has 4 heteroatoms. The van der Waals surface area contributed by atoms with Gasteiger partial charge in [0, 0.05) is 55.7 Å². The highest BCUT2D eigenvalue weighted by Gasteiger charge is 2.22. The fraction of sp³-hybridized carbons (Fsp3) is 0.138. The number of para-hydroxylation sites is 2. The van der Waals surface area contributed by atoms with Gasteiger partial charge in [-0.3, -0.25) is 0 Å². The first-order chi connectivity index (χ1) is 30.0. The summed E-state index contributed by atoms with van der Waals surface area (Å²) < 4.78 is 13.4. The summed E-state index contributed by atoms with van der Waals surface area (Å²) in [6.45, 7) is 17.6. The minimum atomic E-state index is 0.853. The Bertz CT molecular complexity index is 3350. The third-order valence-electron chi connectivity index (χ3n) is 13.5. The zero-order valence-corrected chi connectivity index (χ0v) is 36.6. The smallest absolute Gasteiger partial charge is 0.136 e. The molecule has 0 unspecified atom stereocenters. The number of aryl methyl sites for hydroxylation is 6. The number of anilines is 6. The summed E-state index contributed by atoms with van der Waals surface area (Å²) >= 11 is 0. The molecule has 0 aliphatic rings. The van der Waals surface area contributed by atoms with Gasteiger partial charge in [0.15, 0.2) is 0 Å².